The van der Waals surface area contributed by atoms with Gasteiger partial charge < -0.3 is 10.1 Å². The van der Waals surface area contributed by atoms with Gasteiger partial charge in [0.2, 0.25) is 0 Å². The number of rotatable bonds is 4. The Morgan fingerprint density at radius 2 is 1.90 bits per heavy atom. The van der Waals surface area contributed by atoms with Crippen LogP contribution in [0.3, 0.4) is 0 Å². The number of nitrogens with one attached hydrogen (secondary N) is 1. The summed E-state index contributed by atoms with van der Waals surface area (Å²) < 4.78 is 5.08. The molecule has 2 rings (SSSR count). The Labute approximate surface area is 116 Å². The van der Waals surface area contributed by atoms with E-state index in [0.29, 0.717) is 11.3 Å². The van der Waals surface area contributed by atoms with E-state index in [1.54, 1.807) is 30.5 Å². The second-order valence-corrected chi connectivity index (χ2v) is 4.14. The van der Waals surface area contributed by atoms with Crippen LogP contribution in [-0.2, 0) is 9.53 Å². The number of benzene rings is 1. The minimum Gasteiger partial charge on any atom is -0.449 e. The standard InChI is InChI=1S/C15H14N2O3/c1-11(14(18)17-13-7-3-2-4-8-13)20-15(19)12-6-5-9-16-10-12/h2-11H,1H3,(H,17,18)/t11-/m1/s1. The maximum absolute atomic E-state index is 11.9. The van der Waals surface area contributed by atoms with E-state index in [2.05, 4.69) is 10.3 Å². The molecule has 0 aliphatic rings. The predicted molar refractivity (Wildman–Crippen MR) is 74.2 cm³/mol. The van der Waals surface area contributed by atoms with Gasteiger partial charge in [-0.3, -0.25) is 9.78 Å². The molecule has 1 amide bonds. The van der Waals surface area contributed by atoms with Crippen LogP contribution in [0.5, 0.6) is 0 Å². The van der Waals surface area contributed by atoms with E-state index in [1.165, 1.54) is 13.1 Å². The van der Waals surface area contributed by atoms with Gasteiger partial charge in [-0.25, -0.2) is 4.79 Å². The first-order valence-electron chi connectivity index (χ1n) is 6.14. The zero-order chi connectivity index (χ0) is 14.4. The Hall–Kier alpha value is -2.69. The molecule has 0 bridgehead atoms. The lowest BCUT2D eigenvalue weighted by Gasteiger charge is -2.13. The molecule has 0 fully saturated rings. The van der Waals surface area contributed by atoms with Crippen molar-refractivity contribution in [3.05, 3.63) is 60.4 Å². The van der Waals surface area contributed by atoms with Crippen molar-refractivity contribution >= 4 is 17.6 Å². The molecule has 0 spiro atoms. The molecule has 1 atom stereocenters. The molecular formula is C15H14N2O3. The minimum atomic E-state index is -0.886. The Morgan fingerprint density at radius 1 is 1.15 bits per heavy atom. The summed E-state index contributed by atoms with van der Waals surface area (Å²) in [6.07, 6.45) is 2.06. The minimum absolute atomic E-state index is 0.312. The van der Waals surface area contributed by atoms with Gasteiger partial charge >= 0.3 is 5.97 Å². The summed E-state index contributed by atoms with van der Waals surface area (Å²) in [5.41, 5.74) is 0.966. The van der Waals surface area contributed by atoms with E-state index >= 15 is 0 Å². The molecule has 1 aromatic heterocycles. The van der Waals surface area contributed by atoms with Crippen molar-refractivity contribution in [3.63, 3.8) is 0 Å². The highest BCUT2D eigenvalue weighted by Gasteiger charge is 2.18. The van der Waals surface area contributed by atoms with Crippen molar-refractivity contribution in [3.8, 4) is 0 Å². The molecule has 0 aliphatic carbocycles. The number of aromatic nitrogens is 1. The average Bonchev–Trinajstić information content (AvgIpc) is 2.49. The number of pyridine rings is 1. The fourth-order valence-corrected chi connectivity index (χ4v) is 1.53. The molecule has 5 heteroatoms. The van der Waals surface area contributed by atoms with Crippen molar-refractivity contribution in [2.24, 2.45) is 0 Å². The zero-order valence-electron chi connectivity index (χ0n) is 10.9. The molecule has 20 heavy (non-hydrogen) atoms. The highest BCUT2D eigenvalue weighted by atomic mass is 16.5. The number of amides is 1. The number of ether oxygens (including phenoxy) is 1. The van der Waals surface area contributed by atoms with Crippen LogP contribution >= 0.6 is 0 Å². The molecule has 2 aromatic rings. The van der Waals surface area contributed by atoms with Crippen LogP contribution < -0.4 is 5.32 Å². The number of hydrogen-bond donors (Lipinski definition) is 1. The summed E-state index contributed by atoms with van der Waals surface area (Å²) >= 11 is 0. The van der Waals surface area contributed by atoms with Crippen molar-refractivity contribution in [1.82, 2.24) is 4.98 Å². The van der Waals surface area contributed by atoms with E-state index in [4.69, 9.17) is 4.74 Å². The summed E-state index contributed by atoms with van der Waals surface area (Å²) in [6.45, 7) is 1.52. The van der Waals surface area contributed by atoms with Gasteiger partial charge in [0.15, 0.2) is 6.10 Å². The van der Waals surface area contributed by atoms with Crippen LogP contribution in [0.15, 0.2) is 54.9 Å². The quantitative estimate of drug-likeness (QED) is 0.865. The Balaban J connectivity index is 1.93. The van der Waals surface area contributed by atoms with E-state index in [1.807, 2.05) is 18.2 Å². The van der Waals surface area contributed by atoms with Gasteiger partial charge in [-0.15, -0.1) is 0 Å². The summed E-state index contributed by atoms with van der Waals surface area (Å²) in [5.74, 6) is -0.956. The van der Waals surface area contributed by atoms with Crippen LogP contribution in [-0.4, -0.2) is 23.0 Å². The molecule has 1 N–H and O–H groups in total. The second-order valence-electron chi connectivity index (χ2n) is 4.14. The molecule has 1 heterocycles. The number of para-hydroxylation sites is 1. The smallest absolute Gasteiger partial charge is 0.340 e. The van der Waals surface area contributed by atoms with Crippen LogP contribution in [0.2, 0.25) is 0 Å². The normalized spacial score (nSPS) is 11.4. The van der Waals surface area contributed by atoms with Crippen LogP contribution in [0.25, 0.3) is 0 Å². The van der Waals surface area contributed by atoms with E-state index in [0.717, 1.165) is 0 Å². The zero-order valence-corrected chi connectivity index (χ0v) is 10.9. The summed E-state index contributed by atoms with van der Waals surface area (Å²) in [7, 11) is 0. The Morgan fingerprint density at radius 3 is 2.55 bits per heavy atom. The lowest BCUT2D eigenvalue weighted by molar-refractivity contribution is -0.123. The first-order chi connectivity index (χ1) is 9.66. The lowest BCUT2D eigenvalue weighted by Crippen LogP contribution is -2.30. The van der Waals surface area contributed by atoms with Gasteiger partial charge in [-0.2, -0.15) is 0 Å². The van der Waals surface area contributed by atoms with Crippen molar-refractivity contribution < 1.29 is 14.3 Å². The highest BCUT2D eigenvalue weighted by molar-refractivity contribution is 5.97. The highest BCUT2D eigenvalue weighted by Crippen LogP contribution is 2.08. The number of carbonyl (C=O) groups excluding carboxylic acids is 2. The maximum atomic E-state index is 11.9. The topological polar surface area (TPSA) is 68.3 Å². The van der Waals surface area contributed by atoms with Gasteiger partial charge in [0.25, 0.3) is 5.91 Å². The van der Waals surface area contributed by atoms with E-state index in [-0.39, 0.29) is 5.91 Å². The van der Waals surface area contributed by atoms with E-state index in [9.17, 15) is 9.59 Å². The fourth-order valence-electron chi connectivity index (χ4n) is 1.53. The van der Waals surface area contributed by atoms with Crippen molar-refractivity contribution in [2.75, 3.05) is 5.32 Å². The summed E-state index contributed by atoms with van der Waals surface area (Å²) in [5, 5.41) is 2.67. The van der Waals surface area contributed by atoms with Crippen LogP contribution in [0.4, 0.5) is 5.69 Å². The third-order valence-electron chi connectivity index (χ3n) is 2.59. The van der Waals surface area contributed by atoms with E-state index < -0.39 is 12.1 Å². The molecule has 0 aliphatic heterocycles. The molecule has 102 valence electrons. The van der Waals surface area contributed by atoms with Crippen LogP contribution in [0, 0.1) is 0 Å². The molecule has 5 nitrogen and oxygen atoms in total. The Bertz CT molecular complexity index is 585. The summed E-state index contributed by atoms with van der Waals surface area (Å²) in [6, 6.07) is 12.2. The number of anilines is 1. The third kappa shape index (κ3) is 3.65. The molecular weight excluding hydrogens is 256 g/mol. The van der Waals surface area contributed by atoms with Gasteiger partial charge in [-0.05, 0) is 31.2 Å². The number of hydrogen-bond acceptors (Lipinski definition) is 4. The summed E-state index contributed by atoms with van der Waals surface area (Å²) in [4.78, 5) is 27.5. The number of esters is 1. The van der Waals surface area contributed by atoms with Crippen molar-refractivity contribution in [2.45, 2.75) is 13.0 Å². The molecule has 0 saturated heterocycles. The molecule has 0 radical (unpaired) electrons. The number of carbonyl (C=O) groups is 2. The van der Waals surface area contributed by atoms with Crippen molar-refractivity contribution in [1.29, 1.82) is 0 Å². The first-order valence-corrected chi connectivity index (χ1v) is 6.14. The van der Waals surface area contributed by atoms with Gasteiger partial charge in [-0.1, -0.05) is 18.2 Å². The lowest BCUT2D eigenvalue weighted by atomic mass is 10.3. The van der Waals surface area contributed by atoms with Gasteiger partial charge in [0.1, 0.15) is 0 Å². The number of nitrogens with zero attached hydrogens (tertiary/aromatic N) is 1. The third-order valence-corrected chi connectivity index (χ3v) is 2.59. The largest absolute Gasteiger partial charge is 0.449 e. The maximum Gasteiger partial charge on any atom is 0.340 e. The van der Waals surface area contributed by atoms with Crippen LogP contribution in [0.1, 0.15) is 17.3 Å². The SMILES string of the molecule is C[C@@H](OC(=O)c1cccnc1)C(=O)Nc1ccccc1. The van der Waals surface area contributed by atoms with Gasteiger partial charge in [0.05, 0.1) is 5.56 Å². The first kappa shape index (κ1) is 13.7. The molecule has 0 unspecified atom stereocenters. The van der Waals surface area contributed by atoms with Gasteiger partial charge in [0, 0.05) is 18.1 Å². The monoisotopic (exact) mass is 270 g/mol. The average molecular weight is 270 g/mol. The molecule has 1 aromatic carbocycles. The molecule has 0 saturated carbocycles. The second kappa shape index (κ2) is 6.47. The Kier molecular flexibility index (Phi) is 4.44. The predicted octanol–water partition coefficient (Wildman–Crippen LogP) is 2.27. The fraction of sp³-hybridized carbons (Fsp3) is 0.133.